The van der Waals surface area contributed by atoms with Gasteiger partial charge in [-0.2, -0.15) is 0 Å². The number of hydrogen-bond donors (Lipinski definition) is 1. The summed E-state index contributed by atoms with van der Waals surface area (Å²) in [5.41, 5.74) is 3.63. The van der Waals surface area contributed by atoms with Gasteiger partial charge in [0.1, 0.15) is 5.75 Å². The second-order valence-electron chi connectivity index (χ2n) is 4.79. The summed E-state index contributed by atoms with van der Waals surface area (Å²) in [6.45, 7) is 6.32. The van der Waals surface area contributed by atoms with Crippen LogP contribution >= 0.6 is 11.6 Å². The molecule has 0 aliphatic carbocycles. The molecule has 1 N–H and O–H groups in total. The van der Waals surface area contributed by atoms with E-state index in [1.54, 1.807) is 7.11 Å². The van der Waals surface area contributed by atoms with Crippen LogP contribution in [0.25, 0.3) is 0 Å². The molecule has 2 rings (SSSR count). The molecule has 1 saturated heterocycles. The van der Waals surface area contributed by atoms with Gasteiger partial charge in [-0.1, -0.05) is 11.6 Å². The smallest absolute Gasteiger partial charge is 0.127 e. The summed E-state index contributed by atoms with van der Waals surface area (Å²) in [5, 5.41) is 4.26. The standard InChI is InChI=1S/C14H20ClNO/c1-9-7-12(15)10(2)14(17-3)13(9)11-5-4-6-16-8-11/h7,11,16H,4-6,8H2,1-3H3. The van der Waals surface area contributed by atoms with E-state index < -0.39 is 0 Å². The molecule has 0 spiro atoms. The average Bonchev–Trinajstić information content (AvgIpc) is 2.34. The number of benzene rings is 1. The lowest BCUT2D eigenvalue weighted by Gasteiger charge is -2.27. The first-order valence-electron chi connectivity index (χ1n) is 6.19. The van der Waals surface area contributed by atoms with Gasteiger partial charge in [-0.05, 0) is 44.9 Å². The first-order chi connectivity index (χ1) is 8.15. The highest BCUT2D eigenvalue weighted by atomic mass is 35.5. The summed E-state index contributed by atoms with van der Waals surface area (Å²) in [6.07, 6.45) is 2.46. The van der Waals surface area contributed by atoms with E-state index in [4.69, 9.17) is 16.3 Å². The fourth-order valence-electron chi connectivity index (χ4n) is 2.73. The van der Waals surface area contributed by atoms with Crippen LogP contribution in [0.1, 0.15) is 35.4 Å². The molecule has 17 heavy (non-hydrogen) atoms. The van der Waals surface area contributed by atoms with Crippen LogP contribution in [0.3, 0.4) is 0 Å². The predicted octanol–water partition coefficient (Wildman–Crippen LogP) is 3.43. The van der Waals surface area contributed by atoms with Crippen LogP contribution in [0.4, 0.5) is 0 Å². The molecule has 0 bridgehead atoms. The van der Waals surface area contributed by atoms with Crippen molar-refractivity contribution in [2.45, 2.75) is 32.6 Å². The molecule has 1 aliphatic heterocycles. The van der Waals surface area contributed by atoms with Gasteiger partial charge in [0.2, 0.25) is 0 Å². The van der Waals surface area contributed by atoms with Crippen LogP contribution in [-0.2, 0) is 0 Å². The number of piperidine rings is 1. The third-order valence-corrected chi connectivity index (χ3v) is 4.01. The normalized spacial score (nSPS) is 20.4. The van der Waals surface area contributed by atoms with Crippen molar-refractivity contribution < 1.29 is 4.74 Å². The second-order valence-corrected chi connectivity index (χ2v) is 5.20. The Morgan fingerprint density at radius 3 is 2.76 bits per heavy atom. The molecule has 1 atom stereocenters. The summed E-state index contributed by atoms with van der Waals surface area (Å²) in [4.78, 5) is 0. The van der Waals surface area contributed by atoms with E-state index in [-0.39, 0.29) is 0 Å². The number of methoxy groups -OCH3 is 1. The van der Waals surface area contributed by atoms with Gasteiger partial charge in [0.25, 0.3) is 0 Å². The lowest BCUT2D eigenvalue weighted by molar-refractivity contribution is 0.388. The maximum Gasteiger partial charge on any atom is 0.127 e. The first kappa shape index (κ1) is 12.7. The summed E-state index contributed by atoms with van der Waals surface area (Å²) in [7, 11) is 1.73. The Labute approximate surface area is 108 Å². The molecule has 1 fully saturated rings. The second kappa shape index (κ2) is 5.28. The minimum absolute atomic E-state index is 0.551. The SMILES string of the molecule is COc1c(C)c(Cl)cc(C)c1C1CCCNC1. The van der Waals surface area contributed by atoms with Crippen LogP contribution in [0.15, 0.2) is 6.07 Å². The number of halogens is 1. The number of ether oxygens (including phenoxy) is 1. The molecule has 0 saturated carbocycles. The van der Waals surface area contributed by atoms with Crippen molar-refractivity contribution in [3.63, 3.8) is 0 Å². The number of aryl methyl sites for hydroxylation is 1. The lowest BCUT2D eigenvalue weighted by Crippen LogP contribution is -2.29. The van der Waals surface area contributed by atoms with Gasteiger partial charge in [-0.15, -0.1) is 0 Å². The highest BCUT2D eigenvalue weighted by Gasteiger charge is 2.23. The predicted molar refractivity (Wildman–Crippen MR) is 72.3 cm³/mol. The minimum atomic E-state index is 0.551. The van der Waals surface area contributed by atoms with Crippen molar-refractivity contribution in [3.8, 4) is 5.75 Å². The quantitative estimate of drug-likeness (QED) is 0.872. The molecular weight excluding hydrogens is 234 g/mol. The minimum Gasteiger partial charge on any atom is -0.496 e. The number of hydrogen-bond acceptors (Lipinski definition) is 2. The molecule has 94 valence electrons. The van der Waals surface area contributed by atoms with Crippen molar-refractivity contribution in [3.05, 3.63) is 27.8 Å². The summed E-state index contributed by atoms with van der Waals surface area (Å²) in [6, 6.07) is 2.06. The van der Waals surface area contributed by atoms with E-state index in [1.165, 1.54) is 24.0 Å². The third kappa shape index (κ3) is 2.43. The average molecular weight is 254 g/mol. The molecule has 1 aromatic carbocycles. The lowest BCUT2D eigenvalue weighted by atomic mass is 9.87. The Balaban J connectivity index is 2.47. The fraction of sp³-hybridized carbons (Fsp3) is 0.571. The largest absolute Gasteiger partial charge is 0.496 e. The highest BCUT2D eigenvalue weighted by Crippen LogP contribution is 2.39. The van der Waals surface area contributed by atoms with Crippen LogP contribution in [0, 0.1) is 13.8 Å². The van der Waals surface area contributed by atoms with Gasteiger partial charge in [-0.25, -0.2) is 0 Å². The van der Waals surface area contributed by atoms with Crippen LogP contribution in [0.5, 0.6) is 5.75 Å². The summed E-state index contributed by atoms with van der Waals surface area (Å²) >= 11 is 6.21. The summed E-state index contributed by atoms with van der Waals surface area (Å²) in [5.74, 6) is 1.53. The molecule has 0 radical (unpaired) electrons. The van der Waals surface area contributed by atoms with E-state index >= 15 is 0 Å². The van der Waals surface area contributed by atoms with Gasteiger partial charge < -0.3 is 10.1 Å². The molecule has 1 aliphatic rings. The Morgan fingerprint density at radius 2 is 2.18 bits per heavy atom. The van der Waals surface area contributed by atoms with Crippen molar-refractivity contribution >= 4 is 11.6 Å². The van der Waals surface area contributed by atoms with E-state index in [0.717, 1.165) is 29.4 Å². The highest BCUT2D eigenvalue weighted by molar-refractivity contribution is 6.31. The number of nitrogens with one attached hydrogen (secondary N) is 1. The molecule has 0 amide bonds. The third-order valence-electron chi connectivity index (χ3n) is 3.62. The Kier molecular flexibility index (Phi) is 3.95. The van der Waals surface area contributed by atoms with Gasteiger partial charge in [0.15, 0.2) is 0 Å². The molecule has 2 nitrogen and oxygen atoms in total. The van der Waals surface area contributed by atoms with E-state index in [9.17, 15) is 0 Å². The van der Waals surface area contributed by atoms with Crippen LogP contribution in [0.2, 0.25) is 5.02 Å². The molecular formula is C14H20ClNO. The zero-order valence-corrected chi connectivity index (χ0v) is 11.5. The molecule has 1 unspecified atom stereocenters. The fourth-order valence-corrected chi connectivity index (χ4v) is 2.98. The zero-order chi connectivity index (χ0) is 12.4. The molecule has 0 aromatic heterocycles. The van der Waals surface area contributed by atoms with Crippen molar-refractivity contribution in [1.29, 1.82) is 0 Å². The number of rotatable bonds is 2. The van der Waals surface area contributed by atoms with Crippen molar-refractivity contribution in [1.82, 2.24) is 5.32 Å². The Bertz CT molecular complexity index is 411. The maximum absolute atomic E-state index is 6.21. The Morgan fingerprint density at radius 1 is 1.41 bits per heavy atom. The van der Waals surface area contributed by atoms with Gasteiger partial charge in [-0.3, -0.25) is 0 Å². The maximum atomic E-state index is 6.21. The van der Waals surface area contributed by atoms with Crippen molar-refractivity contribution in [2.24, 2.45) is 0 Å². The molecule has 1 aromatic rings. The van der Waals surface area contributed by atoms with E-state index in [2.05, 4.69) is 18.3 Å². The monoisotopic (exact) mass is 253 g/mol. The van der Waals surface area contributed by atoms with Gasteiger partial charge in [0, 0.05) is 28.6 Å². The zero-order valence-electron chi connectivity index (χ0n) is 10.8. The van der Waals surface area contributed by atoms with E-state index in [0.29, 0.717) is 5.92 Å². The first-order valence-corrected chi connectivity index (χ1v) is 6.57. The molecule has 1 heterocycles. The molecule has 3 heteroatoms. The van der Waals surface area contributed by atoms with E-state index in [1.807, 2.05) is 6.92 Å². The van der Waals surface area contributed by atoms with Gasteiger partial charge >= 0.3 is 0 Å². The van der Waals surface area contributed by atoms with Crippen LogP contribution in [-0.4, -0.2) is 20.2 Å². The Hall–Kier alpha value is -0.730. The topological polar surface area (TPSA) is 21.3 Å². The van der Waals surface area contributed by atoms with Gasteiger partial charge in [0.05, 0.1) is 7.11 Å². The summed E-state index contributed by atoms with van der Waals surface area (Å²) < 4.78 is 5.58. The van der Waals surface area contributed by atoms with Crippen molar-refractivity contribution in [2.75, 3.05) is 20.2 Å². The van der Waals surface area contributed by atoms with Crippen LogP contribution < -0.4 is 10.1 Å².